The summed E-state index contributed by atoms with van der Waals surface area (Å²) in [4.78, 5) is 16.6. The van der Waals surface area contributed by atoms with E-state index in [1.807, 2.05) is 7.05 Å². The molecule has 1 amide bonds. The first-order valence-electron chi connectivity index (χ1n) is 6.86. The molecule has 1 aliphatic rings. The van der Waals surface area contributed by atoms with Gasteiger partial charge in [-0.25, -0.2) is 8.42 Å². The van der Waals surface area contributed by atoms with Gasteiger partial charge in [0.2, 0.25) is 0 Å². The van der Waals surface area contributed by atoms with Crippen LogP contribution in [0.25, 0.3) is 0 Å². The van der Waals surface area contributed by atoms with Crippen LogP contribution in [0.3, 0.4) is 0 Å². The van der Waals surface area contributed by atoms with Gasteiger partial charge < -0.3 is 15.5 Å². The molecule has 0 saturated carbocycles. The van der Waals surface area contributed by atoms with E-state index in [4.69, 9.17) is 5.73 Å². The molecule has 7 heteroatoms. The number of hydrogen-bond donors (Lipinski definition) is 1. The zero-order valence-corrected chi connectivity index (χ0v) is 13.2. The molecular formula is C14H21N3O3S. The van der Waals surface area contributed by atoms with Crippen LogP contribution in [-0.2, 0) is 9.84 Å². The Balaban J connectivity index is 2.28. The highest BCUT2D eigenvalue weighted by Gasteiger charge is 2.21. The molecule has 1 heterocycles. The average molecular weight is 311 g/mol. The lowest BCUT2D eigenvalue weighted by atomic mass is 10.1. The maximum absolute atomic E-state index is 12.5. The van der Waals surface area contributed by atoms with Gasteiger partial charge in [0, 0.05) is 37.1 Å². The Bertz CT molecular complexity index is 643. The van der Waals surface area contributed by atoms with E-state index in [-0.39, 0.29) is 16.5 Å². The smallest absolute Gasteiger partial charge is 0.254 e. The minimum atomic E-state index is -3.39. The summed E-state index contributed by atoms with van der Waals surface area (Å²) in [6.45, 7) is 3.08. The van der Waals surface area contributed by atoms with Gasteiger partial charge >= 0.3 is 0 Å². The highest BCUT2D eigenvalue weighted by molar-refractivity contribution is 7.90. The first-order valence-corrected chi connectivity index (χ1v) is 8.75. The predicted molar refractivity (Wildman–Crippen MR) is 82.0 cm³/mol. The van der Waals surface area contributed by atoms with Crippen LogP contribution in [0.5, 0.6) is 0 Å². The first kappa shape index (κ1) is 15.8. The van der Waals surface area contributed by atoms with Crippen LogP contribution < -0.4 is 5.73 Å². The number of hydrogen-bond acceptors (Lipinski definition) is 5. The summed E-state index contributed by atoms with van der Waals surface area (Å²) >= 11 is 0. The molecule has 116 valence electrons. The maximum Gasteiger partial charge on any atom is 0.254 e. The van der Waals surface area contributed by atoms with Crippen molar-refractivity contribution in [2.45, 2.75) is 11.3 Å². The van der Waals surface area contributed by atoms with E-state index in [0.29, 0.717) is 18.7 Å². The monoisotopic (exact) mass is 311 g/mol. The van der Waals surface area contributed by atoms with Crippen molar-refractivity contribution >= 4 is 21.4 Å². The second-order valence-corrected chi connectivity index (χ2v) is 7.53. The van der Waals surface area contributed by atoms with Crippen molar-refractivity contribution in [1.82, 2.24) is 9.80 Å². The van der Waals surface area contributed by atoms with Crippen LogP contribution in [-0.4, -0.2) is 63.6 Å². The van der Waals surface area contributed by atoms with Crippen LogP contribution in [0.1, 0.15) is 16.8 Å². The van der Waals surface area contributed by atoms with E-state index < -0.39 is 9.84 Å². The van der Waals surface area contributed by atoms with Crippen molar-refractivity contribution in [1.29, 1.82) is 0 Å². The molecule has 0 radical (unpaired) electrons. The molecule has 1 aliphatic heterocycles. The number of nitrogen functional groups attached to an aromatic ring is 1. The zero-order valence-electron chi connectivity index (χ0n) is 12.4. The predicted octanol–water partition coefficient (Wildman–Crippen LogP) is 0.450. The summed E-state index contributed by atoms with van der Waals surface area (Å²) in [5.74, 6) is -0.164. The zero-order chi connectivity index (χ0) is 15.6. The lowest BCUT2D eigenvalue weighted by molar-refractivity contribution is 0.0762. The SMILES string of the molecule is CN1CCCN(C(=O)c2cc(N)cc(S(C)(=O)=O)c2)CC1. The van der Waals surface area contributed by atoms with Gasteiger partial charge in [0.1, 0.15) is 0 Å². The highest BCUT2D eigenvalue weighted by atomic mass is 32.2. The van der Waals surface area contributed by atoms with Crippen LogP contribution >= 0.6 is 0 Å². The van der Waals surface area contributed by atoms with E-state index >= 15 is 0 Å². The van der Waals surface area contributed by atoms with E-state index in [1.165, 1.54) is 18.2 Å². The Morgan fingerprint density at radius 3 is 2.52 bits per heavy atom. The Labute approximate surface area is 125 Å². The number of carbonyl (C=O) groups excluding carboxylic acids is 1. The van der Waals surface area contributed by atoms with E-state index in [0.717, 1.165) is 25.8 Å². The lowest BCUT2D eigenvalue weighted by Crippen LogP contribution is -2.34. The molecule has 0 atom stereocenters. The third-order valence-electron chi connectivity index (χ3n) is 3.61. The van der Waals surface area contributed by atoms with Gasteiger partial charge in [-0.2, -0.15) is 0 Å². The molecule has 21 heavy (non-hydrogen) atoms. The van der Waals surface area contributed by atoms with E-state index in [1.54, 1.807) is 4.90 Å². The molecule has 2 N–H and O–H groups in total. The summed E-state index contributed by atoms with van der Waals surface area (Å²) < 4.78 is 23.3. The fourth-order valence-electron chi connectivity index (χ4n) is 2.39. The standard InChI is InChI=1S/C14H21N3O3S/c1-16-4-3-5-17(7-6-16)14(18)11-8-12(15)10-13(9-11)21(2,19)20/h8-10H,3-7,15H2,1-2H3. The topological polar surface area (TPSA) is 83.7 Å². The Hall–Kier alpha value is -1.60. The Morgan fingerprint density at radius 1 is 1.14 bits per heavy atom. The van der Waals surface area contributed by atoms with Crippen molar-refractivity contribution in [3.63, 3.8) is 0 Å². The van der Waals surface area contributed by atoms with Gasteiger partial charge in [0.25, 0.3) is 5.91 Å². The van der Waals surface area contributed by atoms with Gasteiger partial charge in [0.15, 0.2) is 9.84 Å². The van der Waals surface area contributed by atoms with Crippen LogP contribution in [0.2, 0.25) is 0 Å². The van der Waals surface area contributed by atoms with Gasteiger partial charge in [-0.1, -0.05) is 0 Å². The van der Waals surface area contributed by atoms with Crippen LogP contribution in [0.15, 0.2) is 23.1 Å². The van der Waals surface area contributed by atoms with Gasteiger partial charge in [0.05, 0.1) is 4.90 Å². The number of benzene rings is 1. The number of amides is 1. The molecule has 1 aromatic carbocycles. The van der Waals surface area contributed by atoms with Crippen LogP contribution in [0, 0.1) is 0 Å². The van der Waals surface area contributed by atoms with Gasteiger partial charge in [-0.15, -0.1) is 0 Å². The van der Waals surface area contributed by atoms with Gasteiger partial charge in [-0.3, -0.25) is 4.79 Å². The number of rotatable bonds is 2. The summed E-state index contributed by atoms with van der Waals surface area (Å²) in [6.07, 6.45) is 2.01. The number of nitrogens with two attached hydrogens (primary N) is 1. The number of nitrogens with zero attached hydrogens (tertiary/aromatic N) is 2. The second kappa shape index (κ2) is 6.03. The molecule has 0 unspecified atom stereocenters. The molecule has 0 bridgehead atoms. The Kier molecular flexibility index (Phi) is 4.53. The largest absolute Gasteiger partial charge is 0.399 e. The van der Waals surface area contributed by atoms with Crippen molar-refractivity contribution in [3.05, 3.63) is 23.8 Å². The van der Waals surface area contributed by atoms with Crippen LogP contribution in [0.4, 0.5) is 5.69 Å². The molecule has 1 fully saturated rings. The second-order valence-electron chi connectivity index (χ2n) is 5.51. The van der Waals surface area contributed by atoms with Crippen molar-refractivity contribution in [2.24, 2.45) is 0 Å². The summed E-state index contributed by atoms with van der Waals surface area (Å²) in [5, 5.41) is 0. The third-order valence-corrected chi connectivity index (χ3v) is 4.70. The average Bonchev–Trinajstić information content (AvgIpc) is 2.61. The fourth-order valence-corrected chi connectivity index (χ4v) is 3.08. The molecule has 0 aliphatic carbocycles. The Morgan fingerprint density at radius 2 is 1.86 bits per heavy atom. The molecular weight excluding hydrogens is 290 g/mol. The number of sulfone groups is 1. The number of likely N-dealkylation sites (N-methyl/N-ethyl adjacent to an activating group) is 1. The molecule has 0 aromatic heterocycles. The number of anilines is 1. The lowest BCUT2D eigenvalue weighted by Gasteiger charge is -2.21. The molecule has 1 saturated heterocycles. The van der Waals surface area contributed by atoms with Crippen molar-refractivity contribution in [2.75, 3.05) is 45.2 Å². The summed E-state index contributed by atoms with van der Waals surface area (Å²) in [6, 6.07) is 4.32. The normalized spacial score (nSPS) is 17.5. The minimum absolute atomic E-state index is 0.0813. The van der Waals surface area contributed by atoms with E-state index in [9.17, 15) is 13.2 Å². The first-order chi connectivity index (χ1) is 9.77. The third kappa shape index (κ3) is 3.95. The quantitative estimate of drug-likeness (QED) is 0.802. The van der Waals surface area contributed by atoms with E-state index in [2.05, 4.69) is 4.90 Å². The molecule has 1 aromatic rings. The number of carbonyl (C=O) groups is 1. The maximum atomic E-state index is 12.5. The minimum Gasteiger partial charge on any atom is -0.399 e. The summed E-state index contributed by atoms with van der Waals surface area (Å²) in [7, 11) is -1.36. The molecule has 2 rings (SSSR count). The highest BCUT2D eigenvalue weighted by Crippen LogP contribution is 2.19. The molecule has 0 spiro atoms. The molecule has 6 nitrogen and oxygen atoms in total. The summed E-state index contributed by atoms with van der Waals surface area (Å²) in [5.41, 5.74) is 6.35. The fraction of sp³-hybridized carbons (Fsp3) is 0.500. The van der Waals surface area contributed by atoms with Crippen molar-refractivity contribution in [3.8, 4) is 0 Å². The van der Waals surface area contributed by atoms with Gasteiger partial charge in [-0.05, 0) is 38.2 Å². The van der Waals surface area contributed by atoms with Crippen molar-refractivity contribution < 1.29 is 13.2 Å².